The summed E-state index contributed by atoms with van der Waals surface area (Å²) in [5, 5.41) is 3.48. The first kappa shape index (κ1) is 9.47. The van der Waals surface area contributed by atoms with Gasteiger partial charge in [-0.1, -0.05) is 19.3 Å². The Balaban J connectivity index is 2.06. The van der Waals surface area contributed by atoms with Gasteiger partial charge in [0.1, 0.15) is 0 Å². The molecule has 2 aliphatic rings. The van der Waals surface area contributed by atoms with E-state index < -0.39 is 0 Å². The van der Waals surface area contributed by atoms with Crippen molar-refractivity contribution >= 4 is 0 Å². The van der Waals surface area contributed by atoms with Crippen molar-refractivity contribution in [2.45, 2.75) is 44.6 Å². The van der Waals surface area contributed by atoms with Crippen LogP contribution in [0.1, 0.15) is 38.5 Å². The zero-order valence-electron chi connectivity index (χ0n) is 8.64. The van der Waals surface area contributed by atoms with Gasteiger partial charge in [0, 0.05) is 18.1 Å². The minimum atomic E-state index is 0.491. The van der Waals surface area contributed by atoms with Crippen molar-refractivity contribution in [3.8, 4) is 0 Å². The van der Waals surface area contributed by atoms with E-state index in [1.807, 2.05) is 0 Å². The van der Waals surface area contributed by atoms with Crippen molar-refractivity contribution in [1.82, 2.24) is 5.32 Å². The molecular formula is C11H21NO. The fourth-order valence-corrected chi connectivity index (χ4v) is 3.08. The van der Waals surface area contributed by atoms with Crippen molar-refractivity contribution < 1.29 is 4.74 Å². The van der Waals surface area contributed by atoms with Gasteiger partial charge in [-0.3, -0.25) is 0 Å². The molecule has 0 aromatic rings. The van der Waals surface area contributed by atoms with Crippen LogP contribution in [0.3, 0.4) is 0 Å². The second-order valence-electron chi connectivity index (χ2n) is 4.61. The van der Waals surface area contributed by atoms with E-state index in [1.54, 1.807) is 0 Å². The third-order valence-electron chi connectivity index (χ3n) is 3.88. The Hall–Kier alpha value is -0.0800. The zero-order chi connectivity index (χ0) is 9.15. The smallest absolute Gasteiger partial charge is 0.0537 e. The van der Waals surface area contributed by atoms with Crippen LogP contribution in [0.5, 0.6) is 0 Å². The number of hydrogen-bond acceptors (Lipinski definition) is 2. The number of ether oxygens (including phenoxy) is 1. The Bertz CT molecular complexity index is 155. The van der Waals surface area contributed by atoms with Crippen LogP contribution in [0.4, 0.5) is 0 Å². The molecule has 2 rings (SSSR count). The number of rotatable bonds is 1. The summed E-state index contributed by atoms with van der Waals surface area (Å²) in [4.78, 5) is 0. The minimum Gasteiger partial charge on any atom is -0.381 e. The van der Waals surface area contributed by atoms with E-state index in [0.29, 0.717) is 11.5 Å². The lowest BCUT2D eigenvalue weighted by molar-refractivity contribution is -0.0512. The van der Waals surface area contributed by atoms with Gasteiger partial charge in [-0.15, -0.1) is 0 Å². The topological polar surface area (TPSA) is 21.3 Å². The van der Waals surface area contributed by atoms with Gasteiger partial charge in [-0.05, 0) is 26.3 Å². The Kier molecular flexibility index (Phi) is 2.89. The maximum Gasteiger partial charge on any atom is 0.0537 e. The highest BCUT2D eigenvalue weighted by molar-refractivity contribution is 4.94. The molecule has 2 heteroatoms. The normalized spacial score (nSPS) is 33.5. The van der Waals surface area contributed by atoms with Crippen LogP contribution in [-0.2, 0) is 4.74 Å². The first-order valence-electron chi connectivity index (χ1n) is 5.62. The molecule has 2 fully saturated rings. The third-order valence-corrected chi connectivity index (χ3v) is 3.88. The standard InChI is InChI=1S/C11H21NO/c1-12-10-5-8-13-9-11(10)6-3-2-4-7-11/h10,12H,2-9H2,1H3. The summed E-state index contributed by atoms with van der Waals surface area (Å²) in [7, 11) is 2.10. The lowest BCUT2D eigenvalue weighted by atomic mass is 9.68. The van der Waals surface area contributed by atoms with Gasteiger partial charge in [0.15, 0.2) is 0 Å². The molecule has 0 aromatic heterocycles. The maximum atomic E-state index is 5.65. The molecule has 2 nitrogen and oxygen atoms in total. The quantitative estimate of drug-likeness (QED) is 0.671. The van der Waals surface area contributed by atoms with Crippen molar-refractivity contribution in [3.05, 3.63) is 0 Å². The van der Waals surface area contributed by atoms with E-state index in [9.17, 15) is 0 Å². The van der Waals surface area contributed by atoms with Crippen LogP contribution < -0.4 is 5.32 Å². The fourth-order valence-electron chi connectivity index (χ4n) is 3.08. The monoisotopic (exact) mass is 183 g/mol. The Morgan fingerprint density at radius 2 is 2.00 bits per heavy atom. The first-order valence-corrected chi connectivity index (χ1v) is 5.62. The van der Waals surface area contributed by atoms with E-state index in [0.717, 1.165) is 13.2 Å². The zero-order valence-corrected chi connectivity index (χ0v) is 8.64. The highest BCUT2D eigenvalue weighted by Crippen LogP contribution is 2.42. The van der Waals surface area contributed by atoms with Gasteiger partial charge in [0.05, 0.1) is 6.61 Å². The second-order valence-corrected chi connectivity index (χ2v) is 4.61. The van der Waals surface area contributed by atoms with E-state index >= 15 is 0 Å². The Morgan fingerprint density at radius 3 is 2.69 bits per heavy atom. The summed E-state index contributed by atoms with van der Waals surface area (Å²) < 4.78 is 5.65. The summed E-state index contributed by atoms with van der Waals surface area (Å²) in [5.74, 6) is 0. The largest absolute Gasteiger partial charge is 0.381 e. The average molecular weight is 183 g/mol. The van der Waals surface area contributed by atoms with Gasteiger partial charge in [-0.2, -0.15) is 0 Å². The van der Waals surface area contributed by atoms with Gasteiger partial charge >= 0.3 is 0 Å². The first-order chi connectivity index (χ1) is 6.37. The van der Waals surface area contributed by atoms with Crippen molar-refractivity contribution in [2.75, 3.05) is 20.3 Å². The van der Waals surface area contributed by atoms with Crippen LogP contribution in [0.15, 0.2) is 0 Å². The lowest BCUT2D eigenvalue weighted by Crippen LogP contribution is -2.51. The van der Waals surface area contributed by atoms with E-state index in [4.69, 9.17) is 4.74 Å². The Labute approximate surface area is 81.0 Å². The molecule has 1 atom stereocenters. The van der Waals surface area contributed by atoms with E-state index in [-0.39, 0.29) is 0 Å². The summed E-state index contributed by atoms with van der Waals surface area (Å²) >= 11 is 0. The molecule has 0 bridgehead atoms. The fraction of sp³-hybridized carbons (Fsp3) is 1.00. The highest BCUT2D eigenvalue weighted by Gasteiger charge is 2.41. The average Bonchev–Trinajstić information content (AvgIpc) is 2.20. The molecule has 1 N–H and O–H groups in total. The van der Waals surface area contributed by atoms with E-state index in [2.05, 4.69) is 12.4 Å². The van der Waals surface area contributed by atoms with Crippen LogP contribution in [0.2, 0.25) is 0 Å². The molecule has 76 valence electrons. The molecule has 0 aromatic carbocycles. The summed E-state index contributed by atoms with van der Waals surface area (Å²) in [6.07, 6.45) is 8.19. The van der Waals surface area contributed by atoms with Crippen LogP contribution in [-0.4, -0.2) is 26.3 Å². The molecule has 1 aliphatic carbocycles. The summed E-state index contributed by atoms with van der Waals surface area (Å²) in [6, 6.07) is 0.710. The minimum absolute atomic E-state index is 0.491. The van der Waals surface area contributed by atoms with Crippen molar-refractivity contribution in [3.63, 3.8) is 0 Å². The third kappa shape index (κ3) is 1.75. The van der Waals surface area contributed by atoms with Gasteiger partial charge in [0.25, 0.3) is 0 Å². The summed E-state index contributed by atoms with van der Waals surface area (Å²) in [5.41, 5.74) is 0.491. The predicted octanol–water partition coefficient (Wildman–Crippen LogP) is 1.95. The predicted molar refractivity (Wildman–Crippen MR) is 53.8 cm³/mol. The van der Waals surface area contributed by atoms with Gasteiger partial charge in [0.2, 0.25) is 0 Å². The Morgan fingerprint density at radius 1 is 1.23 bits per heavy atom. The number of nitrogens with one attached hydrogen (secondary N) is 1. The molecule has 1 heterocycles. The molecule has 1 saturated carbocycles. The highest BCUT2D eigenvalue weighted by atomic mass is 16.5. The molecular weight excluding hydrogens is 162 g/mol. The number of hydrogen-bond donors (Lipinski definition) is 1. The molecule has 13 heavy (non-hydrogen) atoms. The van der Waals surface area contributed by atoms with Crippen molar-refractivity contribution in [1.29, 1.82) is 0 Å². The van der Waals surface area contributed by atoms with Crippen LogP contribution in [0, 0.1) is 5.41 Å². The van der Waals surface area contributed by atoms with Crippen LogP contribution >= 0.6 is 0 Å². The molecule has 1 saturated heterocycles. The van der Waals surface area contributed by atoms with Gasteiger partial charge < -0.3 is 10.1 Å². The molecule has 0 radical (unpaired) electrons. The molecule has 1 unspecified atom stereocenters. The molecule has 1 spiro atoms. The lowest BCUT2D eigenvalue weighted by Gasteiger charge is -2.46. The van der Waals surface area contributed by atoms with Crippen LogP contribution in [0.25, 0.3) is 0 Å². The van der Waals surface area contributed by atoms with E-state index in [1.165, 1.54) is 38.5 Å². The van der Waals surface area contributed by atoms with Gasteiger partial charge in [-0.25, -0.2) is 0 Å². The second kappa shape index (κ2) is 3.97. The molecule has 1 aliphatic heterocycles. The maximum absolute atomic E-state index is 5.65. The van der Waals surface area contributed by atoms with Crippen molar-refractivity contribution in [2.24, 2.45) is 5.41 Å². The SMILES string of the molecule is CNC1CCOCC12CCCCC2. The molecule has 0 amide bonds. The summed E-state index contributed by atoms with van der Waals surface area (Å²) in [6.45, 7) is 1.95.